The van der Waals surface area contributed by atoms with E-state index in [0.717, 1.165) is 9.99 Å². The number of cyclic esters (lactones) is 1. The minimum atomic E-state index is -0.301. The van der Waals surface area contributed by atoms with Crippen LogP contribution in [0.25, 0.3) is 0 Å². The van der Waals surface area contributed by atoms with E-state index in [2.05, 4.69) is 27.6 Å². The van der Waals surface area contributed by atoms with Gasteiger partial charge in [-0.2, -0.15) is 0 Å². The van der Waals surface area contributed by atoms with Crippen LogP contribution in [-0.2, 0) is 4.74 Å². The topological polar surface area (TPSA) is 42.4 Å². The lowest BCUT2D eigenvalue weighted by Gasteiger charge is -2.25. The third-order valence-electron chi connectivity index (χ3n) is 1.96. The highest BCUT2D eigenvalue weighted by Gasteiger charge is 2.21. The number of ether oxygens (including phenoxy) is 1. The largest absolute Gasteiger partial charge is 0.449 e. The van der Waals surface area contributed by atoms with Gasteiger partial charge in [0.25, 0.3) is 0 Å². The van der Waals surface area contributed by atoms with Crippen molar-refractivity contribution in [3.8, 4) is 0 Å². The molecule has 0 aromatic carbocycles. The molecule has 2 rings (SSSR count). The Morgan fingerprint density at radius 3 is 3.00 bits per heavy atom. The quantitative estimate of drug-likeness (QED) is 0.746. The van der Waals surface area contributed by atoms with Gasteiger partial charge in [0, 0.05) is 16.3 Å². The summed E-state index contributed by atoms with van der Waals surface area (Å²) in [7, 11) is 0. The normalized spacial score (nSPS) is 16.6. The second-order valence-corrected chi connectivity index (χ2v) is 4.20. The van der Waals surface area contributed by atoms with Crippen molar-refractivity contribution in [1.29, 1.82) is 0 Å². The predicted octanol–water partition coefficient (Wildman–Crippen LogP) is 2.03. The van der Waals surface area contributed by atoms with Gasteiger partial charge in [0.1, 0.15) is 5.82 Å². The first kappa shape index (κ1) is 9.70. The Bertz CT molecular complexity index is 339. The molecule has 1 amide bonds. The van der Waals surface area contributed by atoms with Gasteiger partial charge in [0.05, 0.1) is 6.61 Å². The van der Waals surface area contributed by atoms with Gasteiger partial charge in [0.15, 0.2) is 0 Å². The second kappa shape index (κ2) is 4.12. The Morgan fingerprint density at radius 1 is 1.50 bits per heavy atom. The summed E-state index contributed by atoms with van der Waals surface area (Å²) in [6.45, 7) is 1.20. The highest BCUT2D eigenvalue weighted by atomic mass is 127. The number of hydrogen-bond donors (Lipinski definition) is 0. The number of anilines is 1. The molecule has 2 heterocycles. The van der Waals surface area contributed by atoms with E-state index >= 15 is 0 Å². The van der Waals surface area contributed by atoms with Gasteiger partial charge in [-0.15, -0.1) is 0 Å². The number of carbonyl (C=O) groups is 1. The standard InChI is InChI=1S/C9H9IN2O2/c10-7-2-3-8(11-6-7)12-4-1-5-14-9(12)13/h2-3,6H,1,4-5H2. The number of nitrogens with zero attached hydrogens (tertiary/aromatic N) is 2. The average Bonchev–Trinajstić information content (AvgIpc) is 2.20. The van der Waals surface area contributed by atoms with Gasteiger partial charge in [-0.3, -0.25) is 4.90 Å². The summed E-state index contributed by atoms with van der Waals surface area (Å²) in [4.78, 5) is 17.1. The zero-order valence-electron chi connectivity index (χ0n) is 7.44. The third-order valence-corrected chi connectivity index (χ3v) is 2.60. The molecule has 0 bridgehead atoms. The van der Waals surface area contributed by atoms with E-state index in [1.807, 2.05) is 12.1 Å². The Balaban J connectivity index is 2.20. The third kappa shape index (κ3) is 1.97. The average molecular weight is 304 g/mol. The van der Waals surface area contributed by atoms with Crippen molar-refractivity contribution >= 4 is 34.5 Å². The molecule has 0 atom stereocenters. The summed E-state index contributed by atoms with van der Waals surface area (Å²) in [5, 5.41) is 0. The lowest BCUT2D eigenvalue weighted by Crippen LogP contribution is -2.38. The van der Waals surface area contributed by atoms with Crippen molar-refractivity contribution in [3.05, 3.63) is 21.9 Å². The van der Waals surface area contributed by atoms with E-state index in [-0.39, 0.29) is 6.09 Å². The van der Waals surface area contributed by atoms with Crippen molar-refractivity contribution in [2.45, 2.75) is 6.42 Å². The van der Waals surface area contributed by atoms with Gasteiger partial charge in [-0.25, -0.2) is 9.78 Å². The molecule has 0 aliphatic carbocycles. The van der Waals surface area contributed by atoms with Gasteiger partial charge in [-0.05, 0) is 41.1 Å². The zero-order chi connectivity index (χ0) is 9.97. The summed E-state index contributed by atoms with van der Waals surface area (Å²) in [6, 6.07) is 3.75. The van der Waals surface area contributed by atoms with Crippen LogP contribution < -0.4 is 4.90 Å². The predicted molar refractivity (Wildman–Crippen MR) is 60.3 cm³/mol. The summed E-state index contributed by atoms with van der Waals surface area (Å²) in [5.41, 5.74) is 0. The Morgan fingerprint density at radius 2 is 2.36 bits per heavy atom. The number of pyridine rings is 1. The maximum absolute atomic E-state index is 11.3. The molecule has 1 aliphatic heterocycles. The number of carbonyl (C=O) groups excluding carboxylic acids is 1. The van der Waals surface area contributed by atoms with E-state index in [1.165, 1.54) is 0 Å². The van der Waals surface area contributed by atoms with Gasteiger partial charge < -0.3 is 4.74 Å². The number of amides is 1. The van der Waals surface area contributed by atoms with Crippen LogP contribution in [0.4, 0.5) is 10.6 Å². The molecule has 0 spiro atoms. The van der Waals surface area contributed by atoms with Crippen molar-refractivity contribution in [2.75, 3.05) is 18.1 Å². The summed E-state index contributed by atoms with van der Waals surface area (Å²) >= 11 is 2.18. The van der Waals surface area contributed by atoms with Gasteiger partial charge in [-0.1, -0.05) is 0 Å². The van der Waals surface area contributed by atoms with E-state index in [9.17, 15) is 4.79 Å². The molecule has 1 saturated heterocycles. The molecule has 1 fully saturated rings. The first-order chi connectivity index (χ1) is 6.77. The number of halogens is 1. The minimum absolute atomic E-state index is 0.301. The SMILES string of the molecule is O=C1OCCCN1c1ccc(I)cn1. The molecule has 1 aromatic heterocycles. The molecule has 0 radical (unpaired) electrons. The van der Waals surface area contributed by atoms with E-state index in [0.29, 0.717) is 19.0 Å². The highest BCUT2D eigenvalue weighted by molar-refractivity contribution is 14.1. The van der Waals surface area contributed by atoms with Crippen LogP contribution >= 0.6 is 22.6 Å². The Kier molecular flexibility index (Phi) is 2.85. The number of hydrogen-bond acceptors (Lipinski definition) is 3. The summed E-state index contributed by atoms with van der Waals surface area (Å²) < 4.78 is 5.97. The molecular weight excluding hydrogens is 295 g/mol. The van der Waals surface area contributed by atoms with Crippen molar-refractivity contribution in [1.82, 2.24) is 4.98 Å². The van der Waals surface area contributed by atoms with Crippen LogP contribution in [0.3, 0.4) is 0 Å². The van der Waals surface area contributed by atoms with Crippen LogP contribution in [0.2, 0.25) is 0 Å². The fourth-order valence-electron chi connectivity index (χ4n) is 1.29. The van der Waals surface area contributed by atoms with E-state index in [1.54, 1.807) is 11.1 Å². The molecule has 14 heavy (non-hydrogen) atoms. The fourth-order valence-corrected chi connectivity index (χ4v) is 1.61. The smallest absolute Gasteiger partial charge is 0.415 e. The van der Waals surface area contributed by atoms with Gasteiger partial charge >= 0.3 is 6.09 Å². The van der Waals surface area contributed by atoms with Crippen LogP contribution in [0.15, 0.2) is 18.3 Å². The highest BCUT2D eigenvalue weighted by Crippen LogP contribution is 2.16. The molecule has 0 saturated carbocycles. The molecule has 0 N–H and O–H groups in total. The fraction of sp³-hybridized carbons (Fsp3) is 0.333. The molecule has 4 nitrogen and oxygen atoms in total. The second-order valence-electron chi connectivity index (χ2n) is 2.95. The monoisotopic (exact) mass is 304 g/mol. The first-order valence-corrected chi connectivity index (χ1v) is 5.41. The number of rotatable bonds is 1. The Labute approximate surface area is 95.4 Å². The molecule has 1 aromatic rings. The maximum atomic E-state index is 11.3. The molecule has 0 unspecified atom stereocenters. The van der Waals surface area contributed by atoms with Crippen LogP contribution in [0.1, 0.15) is 6.42 Å². The molecule has 5 heteroatoms. The van der Waals surface area contributed by atoms with Crippen molar-refractivity contribution in [2.24, 2.45) is 0 Å². The lowest BCUT2D eigenvalue weighted by molar-refractivity contribution is 0.140. The summed E-state index contributed by atoms with van der Waals surface area (Å²) in [5.74, 6) is 0.662. The van der Waals surface area contributed by atoms with Crippen LogP contribution in [0, 0.1) is 3.57 Å². The first-order valence-electron chi connectivity index (χ1n) is 4.33. The molecule has 74 valence electrons. The Hall–Kier alpha value is -0.850. The zero-order valence-corrected chi connectivity index (χ0v) is 9.60. The maximum Gasteiger partial charge on any atom is 0.415 e. The number of aromatic nitrogens is 1. The van der Waals surface area contributed by atoms with Crippen LogP contribution in [-0.4, -0.2) is 24.2 Å². The van der Waals surface area contributed by atoms with E-state index < -0.39 is 0 Å². The van der Waals surface area contributed by atoms with E-state index in [4.69, 9.17) is 4.74 Å². The summed E-state index contributed by atoms with van der Waals surface area (Å²) in [6.07, 6.45) is 2.29. The van der Waals surface area contributed by atoms with Crippen molar-refractivity contribution in [3.63, 3.8) is 0 Å². The molecular formula is C9H9IN2O2. The van der Waals surface area contributed by atoms with Crippen molar-refractivity contribution < 1.29 is 9.53 Å². The van der Waals surface area contributed by atoms with Gasteiger partial charge in [0.2, 0.25) is 0 Å². The van der Waals surface area contributed by atoms with Crippen LogP contribution in [0.5, 0.6) is 0 Å². The molecule has 1 aliphatic rings. The lowest BCUT2D eigenvalue weighted by atomic mass is 10.3. The minimum Gasteiger partial charge on any atom is -0.449 e.